The van der Waals surface area contributed by atoms with Crippen LogP contribution in [0, 0.1) is 6.57 Å². The van der Waals surface area contributed by atoms with Crippen LogP contribution in [0.2, 0.25) is 0 Å². The van der Waals surface area contributed by atoms with Crippen LogP contribution in [0.4, 0.5) is 37.7 Å². The number of nitrogens with zero attached hydrogens (tertiary/aromatic N) is 3. The van der Waals surface area contributed by atoms with Crippen LogP contribution in [0.5, 0.6) is 0 Å². The molecular formula is C18H17F6N3O. The molecule has 0 aliphatic rings. The van der Waals surface area contributed by atoms with Gasteiger partial charge in [-0.1, -0.05) is 6.07 Å². The molecule has 0 saturated heterocycles. The Hall–Kier alpha value is -2.67. The smallest absolute Gasteiger partial charge is 0.407 e. The number of alkyl halides is 6. The molecule has 2 aromatic rings. The van der Waals surface area contributed by atoms with Crippen molar-refractivity contribution in [1.82, 2.24) is 4.90 Å². The second-order valence-corrected chi connectivity index (χ2v) is 6.39. The lowest BCUT2D eigenvalue weighted by atomic mass is 10.1. The molecule has 0 aliphatic heterocycles. The van der Waals surface area contributed by atoms with Gasteiger partial charge in [-0.3, -0.25) is 0 Å². The molecule has 2 rings (SSSR count). The molecule has 0 radical (unpaired) electrons. The zero-order valence-corrected chi connectivity index (χ0v) is 15.0. The van der Waals surface area contributed by atoms with Crippen LogP contribution in [-0.4, -0.2) is 31.7 Å². The highest BCUT2D eigenvalue weighted by atomic mass is 19.4. The summed E-state index contributed by atoms with van der Waals surface area (Å²) in [6.07, 6.45) is -9.50. The summed E-state index contributed by atoms with van der Waals surface area (Å²) in [7, 11) is 3.57. The van der Waals surface area contributed by atoms with Gasteiger partial charge in [-0.15, -0.1) is 0 Å². The van der Waals surface area contributed by atoms with Crippen LogP contribution >= 0.6 is 0 Å². The van der Waals surface area contributed by atoms with Gasteiger partial charge in [-0.05, 0) is 38.4 Å². The molecule has 4 nitrogen and oxygen atoms in total. The molecule has 0 amide bonds. The number of rotatable bonds is 6. The summed E-state index contributed by atoms with van der Waals surface area (Å²) in [6, 6.07) is 5.58. The number of benzene rings is 1. The highest BCUT2D eigenvalue weighted by molar-refractivity contribution is 5.62. The Balaban J connectivity index is 2.38. The summed E-state index contributed by atoms with van der Waals surface area (Å²) in [5.74, 6) is 0.704. The van der Waals surface area contributed by atoms with Crippen LogP contribution in [-0.2, 0) is 19.3 Å². The minimum absolute atomic E-state index is 0.184. The number of hydrogen-bond acceptors (Lipinski definition) is 3. The first kappa shape index (κ1) is 21.6. The van der Waals surface area contributed by atoms with Crippen LogP contribution in [0.1, 0.15) is 17.1 Å². The van der Waals surface area contributed by atoms with E-state index in [1.54, 1.807) is 25.1 Å². The van der Waals surface area contributed by atoms with E-state index < -0.39 is 30.1 Å². The minimum Gasteiger partial charge on any atom is -0.463 e. The summed E-state index contributed by atoms with van der Waals surface area (Å²) >= 11 is 0. The third-order valence-electron chi connectivity index (χ3n) is 3.68. The molecule has 28 heavy (non-hydrogen) atoms. The maximum atomic E-state index is 13.2. The first-order valence-corrected chi connectivity index (χ1v) is 8.02. The van der Waals surface area contributed by atoms with Crippen molar-refractivity contribution >= 4 is 11.4 Å². The van der Waals surface area contributed by atoms with E-state index in [1.807, 2.05) is 0 Å². The van der Waals surface area contributed by atoms with E-state index >= 15 is 0 Å². The number of halogens is 6. The zero-order chi connectivity index (χ0) is 21.1. The van der Waals surface area contributed by atoms with Crippen LogP contribution in [0.25, 0.3) is 4.85 Å². The fraction of sp³-hybridized carbons (Fsp3) is 0.389. The van der Waals surface area contributed by atoms with Gasteiger partial charge in [0.15, 0.2) is 5.69 Å². The van der Waals surface area contributed by atoms with Crippen molar-refractivity contribution in [2.24, 2.45) is 0 Å². The lowest BCUT2D eigenvalue weighted by Crippen LogP contribution is -2.33. The number of anilines is 1. The normalized spacial score (nSPS) is 12.3. The van der Waals surface area contributed by atoms with Gasteiger partial charge in [0.2, 0.25) is 0 Å². The van der Waals surface area contributed by atoms with Crippen molar-refractivity contribution in [3.05, 3.63) is 58.8 Å². The molecule has 1 aromatic carbocycles. The summed E-state index contributed by atoms with van der Waals surface area (Å²) in [5, 5.41) is 0. The second kappa shape index (κ2) is 8.14. The molecule has 0 bridgehead atoms. The zero-order valence-electron chi connectivity index (χ0n) is 15.0. The molecule has 1 aromatic heterocycles. The third-order valence-corrected chi connectivity index (χ3v) is 3.68. The molecule has 152 valence electrons. The summed E-state index contributed by atoms with van der Waals surface area (Å²) in [5.41, 5.74) is -2.25. The summed E-state index contributed by atoms with van der Waals surface area (Å²) in [4.78, 5) is 5.33. The molecule has 0 fully saturated rings. The van der Waals surface area contributed by atoms with Gasteiger partial charge in [0.1, 0.15) is 18.1 Å². The van der Waals surface area contributed by atoms with Crippen LogP contribution < -0.4 is 4.90 Å². The topological polar surface area (TPSA) is 24.0 Å². The first-order chi connectivity index (χ1) is 12.9. The first-order valence-electron chi connectivity index (χ1n) is 8.02. The SMILES string of the molecule is [C-]#[N+]c1ccc(N(Cc2ccc(CN(C)C)o2)CC(F)(F)F)cc1C(F)(F)F. The van der Waals surface area contributed by atoms with Gasteiger partial charge in [0, 0.05) is 5.69 Å². The Kier molecular flexibility index (Phi) is 6.29. The van der Waals surface area contributed by atoms with Crippen molar-refractivity contribution in [2.75, 3.05) is 25.5 Å². The van der Waals surface area contributed by atoms with E-state index in [-0.39, 0.29) is 18.0 Å². The average molecular weight is 405 g/mol. The van der Waals surface area contributed by atoms with E-state index in [0.717, 1.165) is 17.0 Å². The van der Waals surface area contributed by atoms with Crippen molar-refractivity contribution in [1.29, 1.82) is 0 Å². The van der Waals surface area contributed by atoms with E-state index in [2.05, 4.69) is 4.85 Å². The van der Waals surface area contributed by atoms with Crippen molar-refractivity contribution < 1.29 is 30.8 Å². The van der Waals surface area contributed by atoms with Gasteiger partial charge >= 0.3 is 12.4 Å². The molecule has 0 aliphatic carbocycles. The van der Waals surface area contributed by atoms with Gasteiger partial charge in [-0.2, -0.15) is 26.3 Å². The van der Waals surface area contributed by atoms with Gasteiger partial charge in [-0.25, -0.2) is 4.85 Å². The molecule has 0 unspecified atom stereocenters. The summed E-state index contributed by atoms with van der Waals surface area (Å²) in [6.45, 7) is 5.42. The Morgan fingerprint density at radius 3 is 2.07 bits per heavy atom. The van der Waals surface area contributed by atoms with E-state index in [9.17, 15) is 26.3 Å². The van der Waals surface area contributed by atoms with Gasteiger partial charge < -0.3 is 14.2 Å². The predicted molar refractivity (Wildman–Crippen MR) is 90.9 cm³/mol. The predicted octanol–water partition coefficient (Wildman–Crippen LogP) is 5.48. The fourth-order valence-corrected chi connectivity index (χ4v) is 2.59. The van der Waals surface area contributed by atoms with E-state index in [1.165, 1.54) is 6.07 Å². The van der Waals surface area contributed by atoms with Crippen molar-refractivity contribution in [3.63, 3.8) is 0 Å². The quantitative estimate of drug-likeness (QED) is 0.470. The Morgan fingerprint density at radius 2 is 1.57 bits per heavy atom. The molecule has 0 saturated carbocycles. The monoisotopic (exact) mass is 405 g/mol. The number of furan rings is 1. The molecule has 0 spiro atoms. The van der Waals surface area contributed by atoms with Crippen LogP contribution in [0.15, 0.2) is 34.7 Å². The van der Waals surface area contributed by atoms with Crippen molar-refractivity contribution in [3.8, 4) is 0 Å². The summed E-state index contributed by atoms with van der Waals surface area (Å²) < 4.78 is 84.0. The standard InChI is InChI=1S/C18H17F6N3O/c1-25-16-7-4-12(8-15(16)18(22,23)24)27(11-17(19,20)21)10-14-6-5-13(28-14)9-26(2)3/h4-8H,9-11H2,2-3H3. The average Bonchev–Trinajstić information content (AvgIpc) is 2.97. The maximum absolute atomic E-state index is 13.2. The fourth-order valence-electron chi connectivity index (χ4n) is 2.59. The minimum atomic E-state index is -4.86. The molecule has 0 N–H and O–H groups in total. The Labute approximate surface area is 157 Å². The van der Waals surface area contributed by atoms with E-state index in [4.69, 9.17) is 11.0 Å². The van der Waals surface area contributed by atoms with Gasteiger partial charge in [0.05, 0.1) is 25.2 Å². The largest absolute Gasteiger partial charge is 0.463 e. The molecular weight excluding hydrogens is 388 g/mol. The van der Waals surface area contributed by atoms with Crippen molar-refractivity contribution in [2.45, 2.75) is 25.4 Å². The lowest BCUT2D eigenvalue weighted by molar-refractivity contribution is -0.136. The highest BCUT2D eigenvalue weighted by Crippen LogP contribution is 2.39. The second-order valence-electron chi connectivity index (χ2n) is 6.39. The molecule has 0 atom stereocenters. The third kappa shape index (κ3) is 5.92. The van der Waals surface area contributed by atoms with Crippen LogP contribution in [0.3, 0.4) is 0 Å². The Bertz CT molecular complexity index is 848. The maximum Gasteiger partial charge on any atom is 0.407 e. The van der Waals surface area contributed by atoms with Gasteiger partial charge in [0.25, 0.3) is 0 Å². The highest BCUT2D eigenvalue weighted by Gasteiger charge is 2.36. The van der Waals surface area contributed by atoms with E-state index in [0.29, 0.717) is 18.4 Å². The molecule has 10 heteroatoms. The Morgan fingerprint density at radius 1 is 0.964 bits per heavy atom. The molecule has 1 heterocycles. The lowest BCUT2D eigenvalue weighted by Gasteiger charge is -2.26. The number of hydrogen-bond donors (Lipinski definition) is 0.